The Bertz CT molecular complexity index is 516. The summed E-state index contributed by atoms with van der Waals surface area (Å²) < 4.78 is 150. The van der Waals surface area contributed by atoms with Gasteiger partial charge in [-0.1, -0.05) is 6.08 Å². The first-order valence-corrected chi connectivity index (χ1v) is 5.52. The molecule has 0 spiro atoms. The number of hydrogen-bond donors (Lipinski definition) is 1. The highest BCUT2D eigenvalue weighted by molar-refractivity contribution is 5.77. The van der Waals surface area contributed by atoms with E-state index in [-0.39, 0.29) is 0 Å². The molecule has 0 amide bonds. The summed E-state index contributed by atoms with van der Waals surface area (Å²) in [6.45, 7) is 0. The predicted molar refractivity (Wildman–Crippen MR) is 49.4 cm³/mol. The fourth-order valence-corrected chi connectivity index (χ4v) is 2.41. The lowest BCUT2D eigenvalue weighted by atomic mass is 9.99. The Balaban J connectivity index is 3.62. The standard InChI is InChI=1S/C10H4F12O2/c11-7(12,13)3(8(14,15)16)1-2-4(5(23)24)6(2,9(17,18)19)10(20,21)22/h1-2,4H,(H,23,24)/t2-,4+/m1/s1. The number of halogens is 12. The molecule has 24 heavy (non-hydrogen) atoms. The minimum atomic E-state index is -6.43. The maximum Gasteiger partial charge on any atom is 0.421 e. The van der Waals surface area contributed by atoms with E-state index in [2.05, 4.69) is 0 Å². The second-order valence-electron chi connectivity index (χ2n) is 4.78. The van der Waals surface area contributed by atoms with Crippen LogP contribution in [0.15, 0.2) is 11.6 Å². The van der Waals surface area contributed by atoms with Crippen LogP contribution in [0, 0.1) is 17.3 Å². The summed E-state index contributed by atoms with van der Waals surface area (Å²) >= 11 is 0. The fourth-order valence-electron chi connectivity index (χ4n) is 2.41. The predicted octanol–water partition coefficient (Wildman–Crippen LogP) is 4.48. The maximum absolute atomic E-state index is 12.7. The second kappa shape index (κ2) is 5.18. The molecule has 2 atom stereocenters. The number of carboxylic acids is 1. The van der Waals surface area contributed by atoms with Gasteiger partial charge >= 0.3 is 30.7 Å². The molecular weight excluding hydrogens is 380 g/mol. The number of rotatable bonds is 2. The lowest BCUT2D eigenvalue weighted by molar-refractivity contribution is -0.308. The van der Waals surface area contributed by atoms with E-state index in [1.807, 2.05) is 0 Å². The average molecular weight is 384 g/mol. The molecular formula is C10H4F12O2. The summed E-state index contributed by atoms with van der Waals surface area (Å²) in [5, 5.41) is 8.41. The first-order valence-electron chi connectivity index (χ1n) is 5.52. The molecule has 0 bridgehead atoms. The van der Waals surface area contributed by atoms with Crippen LogP contribution < -0.4 is 0 Å². The molecule has 1 fully saturated rings. The monoisotopic (exact) mass is 384 g/mol. The van der Waals surface area contributed by atoms with Gasteiger partial charge in [0.1, 0.15) is 5.57 Å². The molecule has 0 unspecified atom stereocenters. The van der Waals surface area contributed by atoms with Gasteiger partial charge in [0.25, 0.3) is 0 Å². The molecule has 1 N–H and O–H groups in total. The van der Waals surface area contributed by atoms with Crippen LogP contribution in [0.2, 0.25) is 0 Å². The highest BCUT2D eigenvalue weighted by atomic mass is 19.4. The van der Waals surface area contributed by atoms with Crippen LogP contribution in [0.25, 0.3) is 0 Å². The SMILES string of the molecule is O=C(O)[C@@H]1[C@@H](C=C(C(F)(F)F)C(F)(F)F)C1(C(F)(F)F)C(F)(F)F. The summed E-state index contributed by atoms with van der Waals surface area (Å²) in [6.07, 6.45) is -26.9. The third kappa shape index (κ3) is 3.01. The summed E-state index contributed by atoms with van der Waals surface area (Å²) in [4.78, 5) is 10.6. The molecule has 140 valence electrons. The van der Waals surface area contributed by atoms with E-state index < -0.39 is 59.6 Å². The molecule has 0 heterocycles. The van der Waals surface area contributed by atoms with E-state index in [0.29, 0.717) is 0 Å². The molecule has 0 aliphatic heterocycles. The lowest BCUT2D eigenvalue weighted by Gasteiger charge is -2.24. The van der Waals surface area contributed by atoms with Crippen molar-refractivity contribution >= 4 is 5.97 Å². The van der Waals surface area contributed by atoms with E-state index >= 15 is 0 Å². The van der Waals surface area contributed by atoms with Gasteiger partial charge in [-0.15, -0.1) is 0 Å². The minimum Gasteiger partial charge on any atom is -0.481 e. The van der Waals surface area contributed by atoms with Crippen LogP contribution in [-0.2, 0) is 4.79 Å². The molecule has 1 saturated carbocycles. The van der Waals surface area contributed by atoms with E-state index in [4.69, 9.17) is 5.11 Å². The summed E-state index contributed by atoms with van der Waals surface area (Å²) in [5.41, 5.74) is -8.87. The van der Waals surface area contributed by atoms with E-state index in [1.54, 1.807) is 0 Å². The van der Waals surface area contributed by atoms with E-state index in [0.717, 1.165) is 0 Å². The Labute approximate surface area is 123 Å². The molecule has 1 aliphatic carbocycles. The van der Waals surface area contributed by atoms with Gasteiger partial charge in [0.15, 0.2) is 5.41 Å². The average Bonchev–Trinajstić information content (AvgIpc) is 2.91. The first kappa shape index (κ1) is 20.4. The highest BCUT2D eigenvalue weighted by Crippen LogP contribution is 2.75. The highest BCUT2D eigenvalue weighted by Gasteiger charge is 2.91. The Kier molecular flexibility index (Phi) is 4.41. The van der Waals surface area contributed by atoms with Crippen molar-refractivity contribution in [3.63, 3.8) is 0 Å². The summed E-state index contributed by atoms with van der Waals surface area (Å²) in [7, 11) is 0. The van der Waals surface area contributed by atoms with Gasteiger partial charge in [0.05, 0.1) is 5.92 Å². The molecule has 14 heteroatoms. The van der Waals surface area contributed by atoms with Crippen molar-refractivity contribution in [2.75, 3.05) is 0 Å². The van der Waals surface area contributed by atoms with E-state index in [9.17, 15) is 57.5 Å². The van der Waals surface area contributed by atoms with Crippen LogP contribution in [-0.4, -0.2) is 35.8 Å². The summed E-state index contributed by atoms with van der Waals surface area (Å²) in [6, 6.07) is 0. The minimum absolute atomic E-state index is 1.36. The largest absolute Gasteiger partial charge is 0.481 e. The van der Waals surface area contributed by atoms with Gasteiger partial charge < -0.3 is 5.11 Å². The Morgan fingerprint density at radius 3 is 1.29 bits per heavy atom. The quantitative estimate of drug-likeness (QED) is 0.563. The fraction of sp³-hybridized carbons (Fsp3) is 0.700. The van der Waals surface area contributed by atoms with Gasteiger partial charge in [0, 0.05) is 5.92 Å². The van der Waals surface area contributed by atoms with Crippen LogP contribution in [0.5, 0.6) is 0 Å². The summed E-state index contributed by atoms with van der Waals surface area (Å²) in [5.74, 6) is -9.99. The maximum atomic E-state index is 12.7. The molecule has 0 aromatic rings. The van der Waals surface area contributed by atoms with E-state index in [1.165, 1.54) is 0 Å². The molecule has 2 nitrogen and oxygen atoms in total. The second-order valence-corrected chi connectivity index (χ2v) is 4.78. The lowest BCUT2D eigenvalue weighted by Crippen LogP contribution is -2.42. The van der Waals surface area contributed by atoms with Crippen LogP contribution in [0.3, 0.4) is 0 Å². The molecule has 1 aliphatic rings. The zero-order chi connectivity index (χ0) is 19.5. The Morgan fingerprint density at radius 2 is 1.12 bits per heavy atom. The van der Waals surface area contributed by atoms with Crippen molar-refractivity contribution in [3.8, 4) is 0 Å². The third-order valence-corrected chi connectivity index (χ3v) is 3.43. The van der Waals surface area contributed by atoms with Gasteiger partial charge in [-0.05, 0) is 0 Å². The number of aliphatic carboxylic acids is 1. The van der Waals surface area contributed by atoms with Crippen molar-refractivity contribution < 1.29 is 62.6 Å². The topological polar surface area (TPSA) is 37.3 Å². The van der Waals surface area contributed by atoms with Gasteiger partial charge in [-0.3, -0.25) is 4.79 Å². The van der Waals surface area contributed by atoms with Crippen molar-refractivity contribution in [1.82, 2.24) is 0 Å². The zero-order valence-electron chi connectivity index (χ0n) is 10.6. The number of carboxylic acid groups (broad SMARTS) is 1. The third-order valence-electron chi connectivity index (χ3n) is 3.43. The van der Waals surface area contributed by atoms with Crippen molar-refractivity contribution in [2.45, 2.75) is 24.7 Å². The molecule has 0 aromatic carbocycles. The van der Waals surface area contributed by atoms with Crippen LogP contribution in [0.4, 0.5) is 52.7 Å². The number of carbonyl (C=O) groups is 1. The zero-order valence-corrected chi connectivity index (χ0v) is 10.6. The van der Waals surface area contributed by atoms with Crippen molar-refractivity contribution in [1.29, 1.82) is 0 Å². The van der Waals surface area contributed by atoms with Crippen molar-refractivity contribution in [2.24, 2.45) is 17.3 Å². The molecule has 0 radical (unpaired) electrons. The molecule has 0 saturated heterocycles. The van der Waals surface area contributed by atoms with Crippen LogP contribution in [0.1, 0.15) is 0 Å². The first-order chi connectivity index (χ1) is 10.3. The van der Waals surface area contributed by atoms with Crippen LogP contribution >= 0.6 is 0 Å². The number of alkyl halides is 12. The normalized spacial score (nSPS) is 24.5. The number of allylic oxidation sites excluding steroid dienone is 2. The van der Waals surface area contributed by atoms with Gasteiger partial charge in [-0.2, -0.15) is 52.7 Å². The molecule has 0 aromatic heterocycles. The van der Waals surface area contributed by atoms with Gasteiger partial charge in [0.2, 0.25) is 0 Å². The Hall–Kier alpha value is -1.63. The smallest absolute Gasteiger partial charge is 0.421 e. The van der Waals surface area contributed by atoms with Gasteiger partial charge in [-0.25, -0.2) is 0 Å². The number of hydrogen-bond acceptors (Lipinski definition) is 1. The Morgan fingerprint density at radius 1 is 0.792 bits per heavy atom. The molecule has 1 rings (SSSR count). The van der Waals surface area contributed by atoms with Crippen molar-refractivity contribution in [3.05, 3.63) is 11.6 Å².